The lowest BCUT2D eigenvalue weighted by atomic mass is 9.78. The average Bonchev–Trinajstić information content (AvgIpc) is 3.00. The van der Waals surface area contributed by atoms with Gasteiger partial charge in [-0.05, 0) is 47.2 Å². The first kappa shape index (κ1) is 14.9. The molecule has 1 N–H and O–H groups in total. The van der Waals surface area contributed by atoms with E-state index >= 15 is 0 Å². The normalized spacial score (nSPS) is 21.4. The smallest absolute Gasteiger partial charge is 0.257 e. The lowest BCUT2D eigenvalue weighted by Crippen LogP contribution is -2.43. The topological polar surface area (TPSA) is 45.5 Å². The summed E-state index contributed by atoms with van der Waals surface area (Å²) in [5, 5.41) is 3.44. The molecule has 2 saturated heterocycles. The Morgan fingerprint density at radius 3 is 2.63 bits per heavy atom. The van der Waals surface area contributed by atoms with Gasteiger partial charge in [-0.25, -0.2) is 0 Å². The van der Waals surface area contributed by atoms with Crippen molar-refractivity contribution in [2.75, 3.05) is 26.2 Å². The van der Waals surface area contributed by atoms with Gasteiger partial charge < -0.3 is 14.6 Å². The van der Waals surface area contributed by atoms with Gasteiger partial charge in [0.05, 0.1) is 5.56 Å². The molecule has 2 aliphatic rings. The third-order valence-electron chi connectivity index (χ3n) is 4.26. The first-order chi connectivity index (χ1) is 8.69. The molecule has 3 heterocycles. The summed E-state index contributed by atoms with van der Waals surface area (Å²) in [4.78, 5) is 14.2. The summed E-state index contributed by atoms with van der Waals surface area (Å²) in [5.74, 6) is 0.0882. The molecule has 1 aromatic heterocycles. The first-order valence-corrected chi connectivity index (χ1v) is 7.22. The molecule has 1 spiro atoms. The highest BCUT2D eigenvalue weighted by Gasteiger charge is 2.38. The van der Waals surface area contributed by atoms with Gasteiger partial charge >= 0.3 is 0 Å². The van der Waals surface area contributed by atoms with Crippen LogP contribution in [0, 0.1) is 5.41 Å². The highest BCUT2D eigenvalue weighted by atomic mass is 79.9. The van der Waals surface area contributed by atoms with E-state index in [1.807, 2.05) is 4.90 Å². The zero-order valence-corrected chi connectivity index (χ0v) is 13.1. The zero-order valence-electron chi connectivity index (χ0n) is 10.7. The molecule has 1 aromatic rings. The third kappa shape index (κ3) is 2.98. The highest BCUT2D eigenvalue weighted by molar-refractivity contribution is 9.10. The fourth-order valence-electron chi connectivity index (χ4n) is 3.01. The molecule has 19 heavy (non-hydrogen) atoms. The molecule has 3 rings (SSSR count). The van der Waals surface area contributed by atoms with Crippen molar-refractivity contribution in [2.24, 2.45) is 5.41 Å². The Kier molecular flexibility index (Phi) is 4.58. The Hall–Kier alpha value is -0.520. The Morgan fingerprint density at radius 1 is 1.37 bits per heavy atom. The number of likely N-dealkylation sites (tertiary alicyclic amines) is 1. The van der Waals surface area contributed by atoms with Crippen LogP contribution in [0.4, 0.5) is 0 Å². The molecule has 0 saturated carbocycles. The number of piperidine rings is 1. The summed E-state index contributed by atoms with van der Waals surface area (Å²) in [7, 11) is 0. The van der Waals surface area contributed by atoms with Gasteiger partial charge in [0.25, 0.3) is 5.91 Å². The number of halogens is 2. The highest BCUT2D eigenvalue weighted by Crippen LogP contribution is 2.37. The van der Waals surface area contributed by atoms with E-state index in [1.54, 1.807) is 6.07 Å². The van der Waals surface area contributed by atoms with E-state index in [9.17, 15) is 4.79 Å². The van der Waals surface area contributed by atoms with Gasteiger partial charge in [0.1, 0.15) is 6.26 Å². The molecular weight excluding hydrogens is 332 g/mol. The maximum Gasteiger partial charge on any atom is 0.257 e. The number of carbonyl (C=O) groups is 1. The van der Waals surface area contributed by atoms with Crippen LogP contribution in [0.3, 0.4) is 0 Å². The average molecular weight is 350 g/mol. The van der Waals surface area contributed by atoms with Gasteiger partial charge in [0, 0.05) is 25.7 Å². The van der Waals surface area contributed by atoms with E-state index in [0.717, 1.165) is 39.0 Å². The van der Waals surface area contributed by atoms with Gasteiger partial charge in [-0.1, -0.05) is 0 Å². The van der Waals surface area contributed by atoms with Crippen molar-refractivity contribution < 1.29 is 9.21 Å². The molecule has 6 heteroatoms. The summed E-state index contributed by atoms with van der Waals surface area (Å²) in [6.07, 6.45) is 5.01. The van der Waals surface area contributed by atoms with E-state index in [2.05, 4.69) is 21.2 Å². The molecule has 1 amide bonds. The Bertz CT molecular complexity index is 447. The van der Waals surface area contributed by atoms with Crippen molar-refractivity contribution in [3.63, 3.8) is 0 Å². The molecule has 2 aliphatic heterocycles. The monoisotopic (exact) mass is 348 g/mol. The van der Waals surface area contributed by atoms with Crippen LogP contribution in [0.1, 0.15) is 29.6 Å². The van der Waals surface area contributed by atoms with Crippen molar-refractivity contribution in [3.05, 3.63) is 22.6 Å². The lowest BCUT2D eigenvalue weighted by Gasteiger charge is -2.38. The minimum absolute atomic E-state index is 0. The van der Waals surface area contributed by atoms with Crippen LogP contribution in [-0.2, 0) is 0 Å². The second kappa shape index (κ2) is 5.85. The number of hydrogen-bond donors (Lipinski definition) is 1. The summed E-state index contributed by atoms with van der Waals surface area (Å²) in [5.41, 5.74) is 1.09. The fraction of sp³-hybridized carbons (Fsp3) is 0.615. The van der Waals surface area contributed by atoms with Crippen molar-refractivity contribution in [1.82, 2.24) is 10.2 Å². The number of nitrogens with one attached hydrogen (secondary N) is 1. The summed E-state index contributed by atoms with van der Waals surface area (Å²) in [6.45, 7) is 3.97. The maximum absolute atomic E-state index is 12.2. The Balaban J connectivity index is 0.00000133. The zero-order chi connectivity index (χ0) is 12.6. The van der Waals surface area contributed by atoms with Crippen LogP contribution in [-0.4, -0.2) is 37.0 Å². The van der Waals surface area contributed by atoms with Gasteiger partial charge in [0.15, 0.2) is 4.67 Å². The molecular formula is C13H18BrClN2O2. The summed E-state index contributed by atoms with van der Waals surface area (Å²) < 4.78 is 5.74. The van der Waals surface area contributed by atoms with Crippen molar-refractivity contribution in [3.8, 4) is 0 Å². The second-order valence-corrected chi connectivity index (χ2v) is 6.14. The van der Waals surface area contributed by atoms with Crippen LogP contribution in [0.15, 0.2) is 21.4 Å². The van der Waals surface area contributed by atoms with Crippen LogP contribution in [0.2, 0.25) is 0 Å². The van der Waals surface area contributed by atoms with Gasteiger partial charge in [-0.15, -0.1) is 12.4 Å². The maximum atomic E-state index is 12.2. The van der Waals surface area contributed by atoms with Gasteiger partial charge in [0.2, 0.25) is 0 Å². The van der Waals surface area contributed by atoms with Gasteiger partial charge in [-0.3, -0.25) is 4.79 Å². The van der Waals surface area contributed by atoms with E-state index in [0.29, 0.717) is 15.6 Å². The number of rotatable bonds is 1. The van der Waals surface area contributed by atoms with Crippen molar-refractivity contribution in [1.29, 1.82) is 0 Å². The van der Waals surface area contributed by atoms with Crippen LogP contribution >= 0.6 is 28.3 Å². The second-order valence-electron chi connectivity index (χ2n) is 5.36. The number of amides is 1. The number of carbonyl (C=O) groups excluding carboxylic acids is 1. The van der Waals surface area contributed by atoms with Crippen LogP contribution in [0.5, 0.6) is 0 Å². The van der Waals surface area contributed by atoms with Crippen molar-refractivity contribution in [2.45, 2.75) is 19.3 Å². The van der Waals surface area contributed by atoms with Crippen LogP contribution in [0.25, 0.3) is 0 Å². The number of hydrogen-bond acceptors (Lipinski definition) is 3. The summed E-state index contributed by atoms with van der Waals surface area (Å²) in [6, 6.07) is 1.74. The van der Waals surface area contributed by atoms with E-state index in [-0.39, 0.29) is 18.3 Å². The fourth-order valence-corrected chi connectivity index (χ4v) is 3.35. The standard InChI is InChI=1S/C13H17BrN2O2.ClH/c14-11-7-10(8-18-11)12(17)16-5-2-13(3-6-16)1-4-15-9-13;/h7-8,15H,1-6,9H2;1H. The Morgan fingerprint density at radius 2 is 2.11 bits per heavy atom. The molecule has 0 atom stereocenters. The van der Waals surface area contributed by atoms with Crippen molar-refractivity contribution >= 4 is 34.2 Å². The predicted octanol–water partition coefficient (Wildman–Crippen LogP) is 2.68. The molecule has 2 fully saturated rings. The number of furan rings is 1. The van der Waals surface area contributed by atoms with E-state index in [4.69, 9.17) is 4.42 Å². The molecule has 0 aromatic carbocycles. The predicted molar refractivity (Wildman–Crippen MR) is 78.7 cm³/mol. The molecule has 4 nitrogen and oxygen atoms in total. The molecule has 0 radical (unpaired) electrons. The molecule has 106 valence electrons. The third-order valence-corrected chi connectivity index (χ3v) is 4.67. The minimum atomic E-state index is 0. The van der Waals surface area contributed by atoms with Gasteiger partial charge in [-0.2, -0.15) is 0 Å². The molecule has 0 unspecified atom stereocenters. The quantitative estimate of drug-likeness (QED) is 0.848. The SMILES string of the molecule is Cl.O=C(c1coc(Br)c1)N1CCC2(CCNC2)CC1. The molecule has 0 bridgehead atoms. The summed E-state index contributed by atoms with van der Waals surface area (Å²) >= 11 is 3.23. The lowest BCUT2D eigenvalue weighted by molar-refractivity contribution is 0.0607. The van der Waals surface area contributed by atoms with E-state index < -0.39 is 0 Å². The minimum Gasteiger partial charge on any atom is -0.457 e. The Labute approximate surface area is 127 Å². The number of nitrogens with zero attached hydrogens (tertiary/aromatic N) is 1. The largest absolute Gasteiger partial charge is 0.457 e. The van der Waals surface area contributed by atoms with E-state index in [1.165, 1.54) is 12.7 Å². The molecule has 0 aliphatic carbocycles. The van der Waals surface area contributed by atoms with Crippen LogP contribution < -0.4 is 5.32 Å². The first-order valence-electron chi connectivity index (χ1n) is 6.43.